The van der Waals surface area contributed by atoms with Gasteiger partial charge in [0.2, 0.25) is 0 Å². The highest BCUT2D eigenvalue weighted by molar-refractivity contribution is 7.87. The first-order valence-corrected chi connectivity index (χ1v) is 9.13. The fraction of sp³-hybridized carbons (Fsp3) is 0. The van der Waals surface area contributed by atoms with Crippen LogP contribution in [0.5, 0.6) is 0 Å². The minimum absolute atomic E-state index is 0.206. The minimum atomic E-state index is -4.61. The summed E-state index contributed by atoms with van der Waals surface area (Å²) in [7, 11) is -4.61. The van der Waals surface area contributed by atoms with E-state index in [4.69, 9.17) is 5.21 Å². The number of amides is 1. The number of pyridine rings is 1. The number of carbonyl (C=O) groups excluding carboxylic acids is 1. The number of nitrogens with one attached hydrogen (secondary N) is 1. The third-order valence-electron chi connectivity index (χ3n) is 3.74. The Morgan fingerprint density at radius 1 is 1.07 bits per heavy atom. The number of hydrogen-bond acceptors (Lipinski definition) is 5. The van der Waals surface area contributed by atoms with Crippen LogP contribution in [0.15, 0.2) is 66.9 Å². The van der Waals surface area contributed by atoms with Gasteiger partial charge in [0, 0.05) is 17.7 Å². The van der Waals surface area contributed by atoms with Crippen LogP contribution >= 0.6 is 0 Å². The molecule has 1 aromatic heterocycles. The summed E-state index contributed by atoms with van der Waals surface area (Å²) >= 11 is 0. The molecular formula is C18H15N3O5S. The second-order valence-corrected chi connectivity index (χ2v) is 6.75. The number of nitrogens with zero attached hydrogens (tertiary/aromatic N) is 2. The van der Waals surface area contributed by atoms with Gasteiger partial charge in [-0.3, -0.25) is 19.5 Å². The summed E-state index contributed by atoms with van der Waals surface area (Å²) in [6, 6.07) is 14.4. The smallest absolute Gasteiger partial charge is 0.288 e. The molecule has 0 spiro atoms. The van der Waals surface area contributed by atoms with Crippen molar-refractivity contribution in [2.45, 2.75) is 0 Å². The van der Waals surface area contributed by atoms with Gasteiger partial charge in [-0.25, -0.2) is 9.79 Å². The summed E-state index contributed by atoms with van der Waals surface area (Å²) in [4.78, 5) is 15.2. The van der Waals surface area contributed by atoms with Gasteiger partial charge >= 0.3 is 10.3 Å². The Bertz CT molecular complexity index is 1110. The molecule has 8 nitrogen and oxygen atoms in total. The maximum Gasteiger partial charge on any atom is 0.364 e. The molecule has 0 bridgehead atoms. The maximum absolute atomic E-state index is 12.1. The van der Waals surface area contributed by atoms with Crippen LogP contribution in [0, 0.1) is 0 Å². The predicted octanol–water partition coefficient (Wildman–Crippen LogP) is 2.69. The quantitative estimate of drug-likeness (QED) is 0.269. The first-order chi connectivity index (χ1) is 12.9. The van der Waals surface area contributed by atoms with Gasteiger partial charge in [0.05, 0.1) is 16.9 Å². The molecule has 0 atom stereocenters. The van der Waals surface area contributed by atoms with Crippen LogP contribution in [-0.4, -0.2) is 29.1 Å². The zero-order valence-electron chi connectivity index (χ0n) is 13.9. The molecule has 0 saturated carbocycles. The van der Waals surface area contributed by atoms with E-state index in [1.54, 1.807) is 48.7 Å². The molecule has 0 unspecified atom stereocenters. The number of aromatic nitrogens is 1. The first-order valence-electron chi connectivity index (χ1n) is 7.74. The molecule has 3 rings (SSSR count). The largest absolute Gasteiger partial charge is 0.364 e. The van der Waals surface area contributed by atoms with Crippen molar-refractivity contribution in [3.63, 3.8) is 0 Å². The van der Waals surface area contributed by atoms with Crippen LogP contribution in [0.2, 0.25) is 0 Å². The zero-order chi connectivity index (χ0) is 19.4. The van der Waals surface area contributed by atoms with E-state index in [0.717, 1.165) is 10.4 Å². The van der Waals surface area contributed by atoms with Crippen molar-refractivity contribution in [2.75, 3.05) is 4.31 Å². The number of fused-ring (bicyclic) bond motifs is 1. The molecule has 1 heterocycles. The van der Waals surface area contributed by atoms with E-state index in [1.165, 1.54) is 23.7 Å². The zero-order valence-corrected chi connectivity index (χ0v) is 14.7. The van der Waals surface area contributed by atoms with Gasteiger partial charge in [0.1, 0.15) is 0 Å². The molecule has 0 fully saturated rings. The summed E-state index contributed by atoms with van der Waals surface area (Å²) in [5.41, 5.74) is 3.11. The predicted molar refractivity (Wildman–Crippen MR) is 101 cm³/mol. The second-order valence-electron chi connectivity index (χ2n) is 5.49. The van der Waals surface area contributed by atoms with Crippen molar-refractivity contribution in [1.82, 2.24) is 10.5 Å². The van der Waals surface area contributed by atoms with E-state index < -0.39 is 16.2 Å². The SMILES string of the molecule is O=C(/C=C/c1ccc(N(c2cccc3ncccc23)S(=O)(=O)O)cc1)NO. The fourth-order valence-corrected chi connectivity index (χ4v) is 3.39. The number of benzene rings is 2. The average molecular weight is 385 g/mol. The molecule has 0 aliphatic rings. The number of hydroxylamine groups is 1. The van der Waals surface area contributed by atoms with Crippen molar-refractivity contribution in [2.24, 2.45) is 0 Å². The summed E-state index contributed by atoms with van der Waals surface area (Å²) in [6.45, 7) is 0. The fourth-order valence-electron chi connectivity index (χ4n) is 2.59. The van der Waals surface area contributed by atoms with E-state index in [1.807, 2.05) is 0 Å². The lowest BCUT2D eigenvalue weighted by atomic mass is 10.1. The lowest BCUT2D eigenvalue weighted by Crippen LogP contribution is -2.25. The van der Waals surface area contributed by atoms with Crippen LogP contribution < -0.4 is 9.79 Å². The Morgan fingerprint density at radius 2 is 1.81 bits per heavy atom. The normalized spacial score (nSPS) is 11.6. The molecule has 9 heteroatoms. The standard InChI is InChI=1S/C18H15N3O5S/c22-18(20-23)11-8-13-6-9-14(10-7-13)21(27(24,25)26)17-5-1-4-16-15(17)3-2-12-19-16/h1-12,23H,(H,20,22)(H,24,25,26)/b11-8+. The molecule has 3 aromatic rings. The van der Waals surface area contributed by atoms with Crippen molar-refractivity contribution in [1.29, 1.82) is 0 Å². The number of anilines is 2. The van der Waals surface area contributed by atoms with Crippen LogP contribution in [0.25, 0.3) is 17.0 Å². The Labute approximate surface area is 155 Å². The highest BCUT2D eigenvalue weighted by Crippen LogP contribution is 2.33. The molecule has 0 aliphatic carbocycles. The van der Waals surface area contributed by atoms with Crippen LogP contribution in [-0.2, 0) is 15.1 Å². The third kappa shape index (κ3) is 4.11. The Balaban J connectivity index is 2.07. The maximum atomic E-state index is 12.1. The van der Waals surface area contributed by atoms with Crippen molar-refractivity contribution < 1.29 is 23.0 Å². The number of hydrogen-bond donors (Lipinski definition) is 3. The lowest BCUT2D eigenvalue weighted by molar-refractivity contribution is -0.124. The molecule has 27 heavy (non-hydrogen) atoms. The topological polar surface area (TPSA) is 120 Å². The Morgan fingerprint density at radius 3 is 2.48 bits per heavy atom. The summed E-state index contributed by atoms with van der Waals surface area (Å²) in [5, 5.41) is 9.03. The lowest BCUT2D eigenvalue weighted by Gasteiger charge is -2.22. The molecule has 0 radical (unpaired) electrons. The average Bonchev–Trinajstić information content (AvgIpc) is 2.66. The van der Waals surface area contributed by atoms with E-state index in [9.17, 15) is 17.8 Å². The number of carbonyl (C=O) groups is 1. The van der Waals surface area contributed by atoms with Crippen LogP contribution in [0.1, 0.15) is 5.56 Å². The monoisotopic (exact) mass is 385 g/mol. The Kier molecular flexibility index (Phi) is 5.17. The van der Waals surface area contributed by atoms with E-state index in [2.05, 4.69) is 4.98 Å². The molecule has 1 amide bonds. The van der Waals surface area contributed by atoms with Crippen LogP contribution in [0.3, 0.4) is 0 Å². The first kappa shape index (κ1) is 18.5. The van der Waals surface area contributed by atoms with Gasteiger partial charge in [-0.1, -0.05) is 18.2 Å². The summed E-state index contributed by atoms with van der Waals surface area (Å²) in [6.07, 6.45) is 4.15. The van der Waals surface area contributed by atoms with Gasteiger partial charge < -0.3 is 0 Å². The molecule has 2 aromatic carbocycles. The van der Waals surface area contributed by atoms with Gasteiger partial charge in [0.15, 0.2) is 0 Å². The third-order valence-corrected chi connectivity index (χ3v) is 4.61. The van der Waals surface area contributed by atoms with Gasteiger partial charge in [-0.2, -0.15) is 8.42 Å². The second kappa shape index (κ2) is 7.54. The van der Waals surface area contributed by atoms with Gasteiger partial charge in [-0.05, 0) is 48.0 Å². The summed E-state index contributed by atoms with van der Waals surface area (Å²) < 4.78 is 34.8. The highest BCUT2D eigenvalue weighted by Gasteiger charge is 2.23. The van der Waals surface area contributed by atoms with Gasteiger partial charge in [0.25, 0.3) is 5.91 Å². The van der Waals surface area contributed by atoms with E-state index in [0.29, 0.717) is 16.5 Å². The van der Waals surface area contributed by atoms with E-state index in [-0.39, 0.29) is 11.4 Å². The van der Waals surface area contributed by atoms with Gasteiger partial charge in [-0.15, -0.1) is 0 Å². The van der Waals surface area contributed by atoms with Crippen molar-refractivity contribution in [3.05, 3.63) is 72.4 Å². The molecule has 0 aliphatic heterocycles. The number of rotatable bonds is 5. The van der Waals surface area contributed by atoms with Crippen LogP contribution in [0.4, 0.5) is 11.4 Å². The highest BCUT2D eigenvalue weighted by atomic mass is 32.2. The molecule has 138 valence electrons. The molecular weight excluding hydrogens is 370 g/mol. The summed E-state index contributed by atoms with van der Waals surface area (Å²) in [5.74, 6) is -0.693. The van der Waals surface area contributed by atoms with E-state index >= 15 is 0 Å². The molecule has 0 saturated heterocycles. The minimum Gasteiger partial charge on any atom is -0.288 e. The van der Waals surface area contributed by atoms with Crippen molar-refractivity contribution in [3.8, 4) is 0 Å². The van der Waals surface area contributed by atoms with Crippen molar-refractivity contribution >= 4 is 44.6 Å². The Hall–Kier alpha value is -3.27. The molecule has 3 N–H and O–H groups in total.